The zero-order valence-electron chi connectivity index (χ0n) is 12.0. The first-order chi connectivity index (χ1) is 7.37. The van der Waals surface area contributed by atoms with E-state index in [1.54, 1.807) is 0 Å². The smallest absolute Gasteiger partial charge is 0.331 e. The van der Waals surface area contributed by atoms with E-state index in [0.29, 0.717) is 12.0 Å². The van der Waals surface area contributed by atoms with E-state index in [2.05, 4.69) is 40.8 Å². The average molecular weight is 246 g/mol. The molecule has 0 saturated heterocycles. The molecule has 0 N–H and O–H groups in total. The van der Waals surface area contributed by atoms with E-state index in [4.69, 9.17) is 8.85 Å². The van der Waals surface area contributed by atoms with Crippen LogP contribution in [-0.2, 0) is 8.85 Å². The molecule has 16 heavy (non-hydrogen) atoms. The van der Waals surface area contributed by atoms with Gasteiger partial charge in [-0.15, -0.1) is 0 Å². The summed E-state index contributed by atoms with van der Waals surface area (Å²) in [7, 11) is -1.89. The predicted octanol–water partition coefficient (Wildman–Crippen LogP) is 4.35. The molecule has 0 heterocycles. The Morgan fingerprint density at radius 2 is 1.69 bits per heavy atom. The first kappa shape index (κ1) is 16.1. The second kappa shape index (κ2) is 8.26. The van der Waals surface area contributed by atoms with E-state index in [0.717, 1.165) is 13.0 Å². The number of hydrogen-bond acceptors (Lipinski definition) is 2. The van der Waals surface area contributed by atoms with Crippen LogP contribution >= 0.6 is 0 Å². The van der Waals surface area contributed by atoms with Crippen LogP contribution in [0.3, 0.4) is 0 Å². The molecule has 0 fully saturated rings. The molecule has 0 aromatic heterocycles. The third kappa shape index (κ3) is 9.37. The molecule has 0 rings (SSSR count). The second-order valence-corrected chi connectivity index (χ2v) is 8.85. The average Bonchev–Trinajstić information content (AvgIpc) is 2.15. The van der Waals surface area contributed by atoms with Crippen LogP contribution in [-0.4, -0.2) is 21.3 Å². The summed E-state index contributed by atoms with van der Waals surface area (Å²) in [5, 5.41) is 0. The molecule has 2 nitrogen and oxygen atoms in total. The van der Waals surface area contributed by atoms with Crippen molar-refractivity contribution >= 4 is 8.56 Å². The Labute approximate surface area is 103 Å². The summed E-state index contributed by atoms with van der Waals surface area (Å²) >= 11 is 0. The molecule has 3 heteroatoms. The van der Waals surface area contributed by atoms with Crippen molar-refractivity contribution in [3.05, 3.63) is 0 Å². The molecule has 0 aliphatic carbocycles. The summed E-state index contributed by atoms with van der Waals surface area (Å²) < 4.78 is 11.9. The molecule has 0 aliphatic heterocycles. The van der Waals surface area contributed by atoms with E-state index in [9.17, 15) is 0 Å². The van der Waals surface area contributed by atoms with Crippen LogP contribution in [0.1, 0.15) is 53.4 Å². The number of hydrogen-bond donors (Lipinski definition) is 0. The van der Waals surface area contributed by atoms with Crippen molar-refractivity contribution in [3.63, 3.8) is 0 Å². The summed E-state index contributed by atoms with van der Waals surface area (Å²) in [6.07, 6.45) is 5.36. The Kier molecular flexibility index (Phi) is 8.33. The fourth-order valence-corrected chi connectivity index (χ4v) is 3.52. The van der Waals surface area contributed by atoms with Gasteiger partial charge < -0.3 is 8.85 Å². The van der Waals surface area contributed by atoms with Crippen molar-refractivity contribution in [3.8, 4) is 0 Å². The maximum atomic E-state index is 6.05. The SMILES string of the molecule is CCCCCC(C)O[Si](C)(C)OCC(C)C. The van der Waals surface area contributed by atoms with Crippen molar-refractivity contribution in [1.29, 1.82) is 0 Å². The largest absolute Gasteiger partial charge is 0.394 e. The highest BCUT2D eigenvalue weighted by Crippen LogP contribution is 2.15. The van der Waals surface area contributed by atoms with Gasteiger partial charge in [0.15, 0.2) is 0 Å². The lowest BCUT2D eigenvalue weighted by molar-refractivity contribution is 0.114. The van der Waals surface area contributed by atoms with Crippen LogP contribution in [0.25, 0.3) is 0 Å². The standard InChI is InChI=1S/C13H30O2Si/c1-7-8-9-10-13(4)15-16(5,6)14-11-12(2)3/h12-13H,7-11H2,1-6H3. The number of unbranched alkanes of at least 4 members (excludes halogenated alkanes) is 2. The molecule has 1 unspecified atom stereocenters. The maximum Gasteiger partial charge on any atom is 0.331 e. The summed E-state index contributed by atoms with van der Waals surface area (Å²) in [4.78, 5) is 0. The van der Waals surface area contributed by atoms with Gasteiger partial charge in [0.25, 0.3) is 0 Å². The van der Waals surface area contributed by atoms with E-state index in [1.807, 2.05) is 0 Å². The second-order valence-electron chi connectivity index (χ2n) is 5.53. The van der Waals surface area contributed by atoms with Crippen molar-refractivity contribution < 1.29 is 8.85 Å². The van der Waals surface area contributed by atoms with Gasteiger partial charge >= 0.3 is 8.56 Å². The lowest BCUT2D eigenvalue weighted by atomic mass is 10.1. The van der Waals surface area contributed by atoms with Crippen molar-refractivity contribution in [2.45, 2.75) is 72.6 Å². The topological polar surface area (TPSA) is 18.5 Å². The Bertz CT molecular complexity index is 169. The van der Waals surface area contributed by atoms with Gasteiger partial charge in [-0.05, 0) is 32.4 Å². The minimum atomic E-state index is -1.89. The molecule has 98 valence electrons. The van der Waals surface area contributed by atoms with Crippen LogP contribution in [0.4, 0.5) is 0 Å². The van der Waals surface area contributed by atoms with Gasteiger partial charge in [-0.2, -0.15) is 0 Å². The lowest BCUT2D eigenvalue weighted by Gasteiger charge is -2.27. The molecule has 0 aliphatic rings. The Balaban J connectivity index is 3.76. The fraction of sp³-hybridized carbons (Fsp3) is 1.00. The van der Waals surface area contributed by atoms with Crippen LogP contribution in [0.15, 0.2) is 0 Å². The Morgan fingerprint density at radius 1 is 1.06 bits per heavy atom. The minimum absolute atomic E-state index is 0.348. The van der Waals surface area contributed by atoms with E-state index < -0.39 is 8.56 Å². The lowest BCUT2D eigenvalue weighted by Crippen LogP contribution is -2.39. The molecule has 0 saturated carbocycles. The zero-order chi connectivity index (χ0) is 12.6. The van der Waals surface area contributed by atoms with Crippen LogP contribution in [0.5, 0.6) is 0 Å². The summed E-state index contributed by atoms with van der Waals surface area (Å²) in [5.41, 5.74) is 0. The van der Waals surface area contributed by atoms with Crippen molar-refractivity contribution in [2.24, 2.45) is 5.92 Å². The van der Waals surface area contributed by atoms with Crippen LogP contribution in [0, 0.1) is 5.92 Å². The van der Waals surface area contributed by atoms with Gasteiger partial charge in [-0.25, -0.2) is 0 Å². The van der Waals surface area contributed by atoms with E-state index >= 15 is 0 Å². The van der Waals surface area contributed by atoms with Crippen molar-refractivity contribution in [1.82, 2.24) is 0 Å². The Hall–Kier alpha value is 0.137. The first-order valence-corrected chi connectivity index (χ1v) is 9.50. The fourth-order valence-electron chi connectivity index (χ4n) is 1.63. The quantitative estimate of drug-likeness (QED) is 0.445. The highest BCUT2D eigenvalue weighted by molar-refractivity contribution is 6.64. The van der Waals surface area contributed by atoms with Gasteiger partial charge in [0, 0.05) is 12.7 Å². The van der Waals surface area contributed by atoms with Gasteiger partial charge in [0.05, 0.1) is 0 Å². The van der Waals surface area contributed by atoms with Crippen LogP contribution < -0.4 is 0 Å². The van der Waals surface area contributed by atoms with Crippen molar-refractivity contribution in [2.75, 3.05) is 6.61 Å². The summed E-state index contributed by atoms with van der Waals surface area (Å²) in [6, 6.07) is 0. The third-order valence-electron chi connectivity index (χ3n) is 2.46. The van der Waals surface area contributed by atoms with E-state index in [-0.39, 0.29) is 0 Å². The molecule has 0 bridgehead atoms. The molecule has 0 amide bonds. The van der Waals surface area contributed by atoms with Gasteiger partial charge in [0.1, 0.15) is 0 Å². The van der Waals surface area contributed by atoms with Gasteiger partial charge in [-0.3, -0.25) is 0 Å². The monoisotopic (exact) mass is 246 g/mol. The summed E-state index contributed by atoms with van der Waals surface area (Å²) in [6.45, 7) is 13.9. The molecular weight excluding hydrogens is 216 g/mol. The van der Waals surface area contributed by atoms with E-state index in [1.165, 1.54) is 19.3 Å². The third-order valence-corrected chi connectivity index (χ3v) is 4.30. The molecule has 0 aromatic rings. The normalized spacial score (nSPS) is 14.4. The molecule has 1 atom stereocenters. The molecule has 0 radical (unpaired) electrons. The number of rotatable bonds is 9. The maximum absolute atomic E-state index is 6.05. The zero-order valence-corrected chi connectivity index (χ0v) is 13.0. The Morgan fingerprint density at radius 3 is 2.19 bits per heavy atom. The first-order valence-electron chi connectivity index (χ1n) is 6.69. The highest BCUT2D eigenvalue weighted by Gasteiger charge is 2.27. The highest BCUT2D eigenvalue weighted by atomic mass is 28.4. The van der Waals surface area contributed by atoms with Crippen LogP contribution in [0.2, 0.25) is 13.1 Å². The van der Waals surface area contributed by atoms with Gasteiger partial charge in [0.2, 0.25) is 0 Å². The molecular formula is C13H30O2Si. The van der Waals surface area contributed by atoms with Gasteiger partial charge in [-0.1, -0.05) is 40.0 Å². The molecule has 0 aromatic carbocycles. The predicted molar refractivity (Wildman–Crippen MR) is 73.0 cm³/mol. The minimum Gasteiger partial charge on any atom is -0.394 e. The molecule has 0 spiro atoms. The summed E-state index contributed by atoms with van der Waals surface area (Å²) in [5.74, 6) is 0.589.